The van der Waals surface area contributed by atoms with Crippen molar-refractivity contribution in [2.45, 2.75) is 52.0 Å². The van der Waals surface area contributed by atoms with Crippen LogP contribution in [0.5, 0.6) is 0 Å². The number of benzene rings is 1. The fourth-order valence-corrected chi connectivity index (χ4v) is 2.93. The zero-order valence-electron chi connectivity index (χ0n) is 15.2. The van der Waals surface area contributed by atoms with Gasteiger partial charge in [0.15, 0.2) is 0 Å². The van der Waals surface area contributed by atoms with Crippen molar-refractivity contribution in [2.75, 3.05) is 13.1 Å². The molecule has 0 aromatic heterocycles. The van der Waals surface area contributed by atoms with Crippen LogP contribution in [-0.4, -0.2) is 35.8 Å². The number of hydrogen-bond donors (Lipinski definition) is 2. The van der Waals surface area contributed by atoms with Crippen LogP contribution < -0.4 is 10.6 Å². The van der Waals surface area contributed by atoms with Gasteiger partial charge in [-0.25, -0.2) is 4.79 Å². The van der Waals surface area contributed by atoms with Crippen molar-refractivity contribution in [2.24, 2.45) is 0 Å². The summed E-state index contributed by atoms with van der Waals surface area (Å²) in [6.45, 7) is 6.12. The Kier molecular flexibility index (Phi) is 6.17. The van der Waals surface area contributed by atoms with E-state index in [1.807, 2.05) is 31.2 Å². The van der Waals surface area contributed by atoms with Crippen molar-refractivity contribution in [1.29, 1.82) is 0 Å². The van der Waals surface area contributed by atoms with E-state index in [4.69, 9.17) is 0 Å². The summed E-state index contributed by atoms with van der Waals surface area (Å²) in [5.41, 5.74) is 0.782. The van der Waals surface area contributed by atoms with Crippen LogP contribution in [0.1, 0.15) is 51.2 Å². The topological polar surface area (TPSA) is 78.5 Å². The molecule has 1 atom stereocenters. The Hall–Kier alpha value is -2.37. The highest BCUT2D eigenvalue weighted by molar-refractivity contribution is 6.09. The molecule has 1 aliphatic rings. The molecule has 2 rings (SSSR count). The van der Waals surface area contributed by atoms with Gasteiger partial charge in [0.05, 0.1) is 0 Å². The Balaban J connectivity index is 2.09. The molecule has 1 unspecified atom stereocenters. The summed E-state index contributed by atoms with van der Waals surface area (Å²) < 4.78 is 0. The molecule has 0 radical (unpaired) electrons. The molecule has 1 saturated heterocycles. The van der Waals surface area contributed by atoms with E-state index in [1.165, 1.54) is 5.56 Å². The lowest BCUT2D eigenvalue weighted by molar-refractivity contribution is -0.134. The number of urea groups is 1. The average Bonchev–Trinajstić information content (AvgIpc) is 2.80. The van der Waals surface area contributed by atoms with E-state index in [1.54, 1.807) is 6.92 Å². The van der Waals surface area contributed by atoms with Gasteiger partial charge in [-0.3, -0.25) is 14.5 Å². The third-order valence-corrected chi connectivity index (χ3v) is 4.50. The van der Waals surface area contributed by atoms with Crippen LogP contribution in [0.2, 0.25) is 0 Å². The van der Waals surface area contributed by atoms with Crippen molar-refractivity contribution in [3.05, 3.63) is 35.4 Å². The highest BCUT2D eigenvalue weighted by Gasteiger charge is 2.49. The fraction of sp³-hybridized carbons (Fsp3) is 0.526. The zero-order valence-corrected chi connectivity index (χ0v) is 15.2. The molecule has 1 aliphatic heterocycles. The van der Waals surface area contributed by atoms with E-state index >= 15 is 0 Å². The zero-order chi connectivity index (χ0) is 18.4. The average molecular weight is 345 g/mol. The van der Waals surface area contributed by atoms with Crippen molar-refractivity contribution < 1.29 is 14.4 Å². The van der Waals surface area contributed by atoms with Crippen LogP contribution in [0.15, 0.2) is 24.3 Å². The smallest absolute Gasteiger partial charge is 0.325 e. The molecular weight excluding hydrogens is 318 g/mol. The Morgan fingerprint density at radius 3 is 2.44 bits per heavy atom. The third-order valence-electron chi connectivity index (χ3n) is 4.50. The van der Waals surface area contributed by atoms with Crippen molar-refractivity contribution in [3.8, 4) is 0 Å². The number of imide groups is 1. The number of hydrogen-bond acceptors (Lipinski definition) is 3. The van der Waals surface area contributed by atoms with Crippen molar-refractivity contribution in [3.63, 3.8) is 0 Å². The van der Waals surface area contributed by atoms with Gasteiger partial charge < -0.3 is 10.6 Å². The molecule has 1 heterocycles. The first kappa shape index (κ1) is 19.0. The van der Waals surface area contributed by atoms with Gasteiger partial charge in [-0.15, -0.1) is 0 Å². The van der Waals surface area contributed by atoms with E-state index in [-0.39, 0.29) is 12.5 Å². The molecule has 1 aromatic carbocycles. The van der Waals surface area contributed by atoms with Crippen molar-refractivity contribution >= 4 is 17.8 Å². The maximum absolute atomic E-state index is 12.8. The maximum Gasteiger partial charge on any atom is 0.325 e. The van der Waals surface area contributed by atoms with Crippen LogP contribution in [0, 0.1) is 0 Å². The Morgan fingerprint density at radius 2 is 1.84 bits per heavy atom. The van der Waals surface area contributed by atoms with Gasteiger partial charge in [0.2, 0.25) is 5.91 Å². The third kappa shape index (κ3) is 4.18. The summed E-state index contributed by atoms with van der Waals surface area (Å²) in [5.74, 6) is -0.717. The van der Waals surface area contributed by atoms with E-state index in [0.717, 1.165) is 36.1 Å². The minimum atomic E-state index is -1.13. The summed E-state index contributed by atoms with van der Waals surface area (Å²) in [4.78, 5) is 37.9. The summed E-state index contributed by atoms with van der Waals surface area (Å²) in [5, 5.41) is 5.46. The first-order chi connectivity index (χ1) is 11.9. The number of aryl methyl sites for hydroxylation is 1. The van der Waals surface area contributed by atoms with Crippen LogP contribution in [0.4, 0.5) is 4.79 Å². The lowest BCUT2D eigenvalue weighted by atomic mass is 9.91. The molecule has 4 amide bonds. The monoisotopic (exact) mass is 345 g/mol. The molecule has 6 heteroatoms. The molecule has 0 bridgehead atoms. The molecule has 6 nitrogen and oxygen atoms in total. The Labute approximate surface area is 149 Å². The Bertz CT molecular complexity index is 642. The van der Waals surface area contributed by atoms with Gasteiger partial charge in [-0.05, 0) is 30.9 Å². The van der Waals surface area contributed by atoms with Gasteiger partial charge in [0, 0.05) is 6.54 Å². The van der Waals surface area contributed by atoms with Gasteiger partial charge in [0.25, 0.3) is 5.91 Å². The summed E-state index contributed by atoms with van der Waals surface area (Å²) >= 11 is 0. The summed E-state index contributed by atoms with van der Waals surface area (Å²) in [6, 6.07) is 7.16. The Morgan fingerprint density at radius 1 is 1.16 bits per heavy atom. The molecule has 1 aromatic rings. The number of carbonyl (C=O) groups excluding carboxylic acids is 3. The number of nitrogens with one attached hydrogen (secondary N) is 2. The SMILES string of the molecule is CCCCNC(=O)CN1C(=O)NC(C)(c2ccc(CCC)cc2)C1=O. The highest BCUT2D eigenvalue weighted by atomic mass is 16.2. The van der Waals surface area contributed by atoms with Crippen LogP contribution in [-0.2, 0) is 21.5 Å². The summed E-state index contributed by atoms with van der Waals surface area (Å²) in [6.07, 6.45) is 3.86. The number of nitrogens with zero attached hydrogens (tertiary/aromatic N) is 1. The number of unbranched alkanes of at least 4 members (excludes halogenated alkanes) is 1. The normalized spacial score (nSPS) is 19.9. The minimum absolute atomic E-state index is 0.252. The second-order valence-corrected chi connectivity index (χ2v) is 6.60. The molecule has 0 aliphatic carbocycles. The first-order valence-corrected chi connectivity index (χ1v) is 8.92. The number of amides is 4. The lowest BCUT2D eigenvalue weighted by Gasteiger charge is -2.22. The van der Waals surface area contributed by atoms with Crippen LogP contribution in [0.25, 0.3) is 0 Å². The van der Waals surface area contributed by atoms with Crippen LogP contribution >= 0.6 is 0 Å². The predicted molar refractivity (Wildman–Crippen MR) is 96.0 cm³/mol. The molecule has 0 saturated carbocycles. The van der Waals surface area contributed by atoms with Crippen molar-refractivity contribution in [1.82, 2.24) is 15.5 Å². The van der Waals surface area contributed by atoms with Gasteiger partial charge in [-0.1, -0.05) is 51.0 Å². The maximum atomic E-state index is 12.8. The van der Waals surface area contributed by atoms with E-state index in [0.29, 0.717) is 6.54 Å². The second-order valence-electron chi connectivity index (χ2n) is 6.60. The standard InChI is InChI=1S/C19H27N3O3/c1-4-6-12-20-16(23)13-22-17(24)19(3,21-18(22)25)15-10-8-14(7-5-2)9-11-15/h8-11H,4-7,12-13H2,1-3H3,(H,20,23)(H,21,25). The van der Waals surface area contributed by atoms with Crippen LogP contribution in [0.3, 0.4) is 0 Å². The van der Waals surface area contributed by atoms with Gasteiger partial charge in [0.1, 0.15) is 12.1 Å². The molecule has 1 fully saturated rings. The van der Waals surface area contributed by atoms with Gasteiger partial charge >= 0.3 is 6.03 Å². The first-order valence-electron chi connectivity index (χ1n) is 8.92. The summed E-state index contributed by atoms with van der Waals surface area (Å²) in [7, 11) is 0. The fourth-order valence-electron chi connectivity index (χ4n) is 2.93. The molecular formula is C19H27N3O3. The number of rotatable bonds is 8. The molecule has 25 heavy (non-hydrogen) atoms. The predicted octanol–water partition coefficient (Wildman–Crippen LogP) is 2.32. The minimum Gasteiger partial charge on any atom is -0.355 e. The molecule has 0 spiro atoms. The number of carbonyl (C=O) groups is 3. The largest absolute Gasteiger partial charge is 0.355 e. The molecule has 2 N–H and O–H groups in total. The van der Waals surface area contributed by atoms with E-state index in [2.05, 4.69) is 17.6 Å². The van der Waals surface area contributed by atoms with Gasteiger partial charge in [-0.2, -0.15) is 0 Å². The molecule has 136 valence electrons. The quantitative estimate of drug-likeness (QED) is 0.561. The lowest BCUT2D eigenvalue weighted by Crippen LogP contribution is -2.43. The van der Waals surface area contributed by atoms with E-state index < -0.39 is 17.5 Å². The second kappa shape index (κ2) is 8.14. The van der Waals surface area contributed by atoms with E-state index in [9.17, 15) is 14.4 Å². The highest BCUT2D eigenvalue weighted by Crippen LogP contribution is 2.29.